The lowest BCUT2D eigenvalue weighted by atomic mass is 9.79. The molecule has 0 aliphatic heterocycles. The maximum Gasteiger partial charge on any atom is 0.296 e. The average molecular weight is 394 g/mol. The molecule has 1 aromatic carbocycles. The molecule has 2 rings (SSSR count). The van der Waals surface area contributed by atoms with Gasteiger partial charge < -0.3 is 10.8 Å². The molecule has 8 heteroatoms. The van der Waals surface area contributed by atoms with Gasteiger partial charge in [0, 0.05) is 16.0 Å². The lowest BCUT2D eigenvalue weighted by Crippen LogP contribution is -2.60. The van der Waals surface area contributed by atoms with E-state index in [0.717, 1.165) is 16.0 Å². The predicted molar refractivity (Wildman–Crippen MR) is 106 cm³/mol. The van der Waals surface area contributed by atoms with Crippen molar-refractivity contribution < 1.29 is 19.2 Å². The Bertz CT molecular complexity index is 799. The first-order chi connectivity index (χ1) is 12.3. The van der Waals surface area contributed by atoms with Crippen molar-refractivity contribution in [3.63, 3.8) is 0 Å². The fourth-order valence-corrected chi connectivity index (χ4v) is 3.46. The van der Waals surface area contributed by atoms with Gasteiger partial charge in [-0.05, 0) is 23.0 Å². The molecule has 2 aromatic rings. The molecule has 148 valence electrons. The van der Waals surface area contributed by atoms with Crippen LogP contribution in [0.25, 0.3) is 0 Å². The van der Waals surface area contributed by atoms with Crippen LogP contribution < -0.4 is 15.5 Å². The van der Waals surface area contributed by atoms with Gasteiger partial charge in [0.05, 0.1) is 17.6 Å². The van der Waals surface area contributed by atoms with E-state index in [1.54, 1.807) is 7.05 Å². The summed E-state index contributed by atoms with van der Waals surface area (Å²) in [7, 11) is 1.60. The number of thioether (sulfide) groups is 1. The number of benzene rings is 1. The fraction of sp³-hybridized carbons (Fsp3) is 0.526. The second-order valence-electron chi connectivity index (χ2n) is 8.60. The van der Waals surface area contributed by atoms with Crippen LogP contribution in [0.5, 0.6) is 5.75 Å². The van der Waals surface area contributed by atoms with E-state index in [2.05, 4.69) is 46.8 Å². The number of rotatable bonds is 4. The summed E-state index contributed by atoms with van der Waals surface area (Å²) in [4.78, 5) is 14.7. The molecule has 1 amide bonds. The lowest BCUT2D eigenvalue weighted by molar-refractivity contribution is -0.746. The van der Waals surface area contributed by atoms with Gasteiger partial charge in [-0.1, -0.05) is 46.6 Å². The molecule has 27 heavy (non-hydrogen) atoms. The van der Waals surface area contributed by atoms with E-state index in [0.29, 0.717) is 5.75 Å². The molecule has 0 bridgehead atoms. The zero-order chi connectivity index (χ0) is 20.6. The topological polar surface area (TPSA) is 96.5 Å². The van der Waals surface area contributed by atoms with Crippen LogP contribution in [0.15, 0.2) is 27.7 Å². The second-order valence-corrected chi connectivity index (χ2v) is 9.65. The number of phenols is 1. The maximum absolute atomic E-state index is 12.5. The number of anilines is 1. The number of amides is 1. The Morgan fingerprint density at radius 1 is 1.22 bits per heavy atom. The summed E-state index contributed by atoms with van der Waals surface area (Å²) in [6, 6.07) is 3.92. The molecular formula is C19H29N4O3S+. The molecule has 0 aliphatic carbocycles. The summed E-state index contributed by atoms with van der Waals surface area (Å²) in [5.41, 5.74) is 6.81. The second kappa shape index (κ2) is 7.42. The molecule has 0 saturated carbocycles. The number of phenolic OH excluding ortho intramolecular Hbond substituents is 1. The van der Waals surface area contributed by atoms with Gasteiger partial charge >= 0.3 is 0 Å². The van der Waals surface area contributed by atoms with Gasteiger partial charge in [0.15, 0.2) is 0 Å². The van der Waals surface area contributed by atoms with Crippen molar-refractivity contribution in [3.05, 3.63) is 29.5 Å². The number of carbonyl (C=O) groups excluding carboxylic acids is 1. The summed E-state index contributed by atoms with van der Waals surface area (Å²) in [5.74, 6) is 0.525. The summed E-state index contributed by atoms with van der Waals surface area (Å²) in [6.45, 7) is 12.4. The zero-order valence-corrected chi connectivity index (χ0v) is 17.8. The Balaban J connectivity index is 2.26. The molecule has 1 heterocycles. The van der Waals surface area contributed by atoms with E-state index in [-0.39, 0.29) is 28.4 Å². The number of hydrogen-bond acceptors (Lipinski definition) is 6. The molecule has 0 radical (unpaired) electrons. The third kappa shape index (κ3) is 4.94. The largest absolute Gasteiger partial charge is 0.507 e. The standard InChI is InChI=1S/C19H28N4O3S/c1-18(2,3)13-8-12(9-14(17(13)25)19(4,5)6)27-11-16(24)22(7)23-10-15(20)26-21-23/h8-10H,11H2,1-7H3,(H2-,20,21,25)/p+1. The van der Waals surface area contributed by atoms with Gasteiger partial charge in [-0.25, -0.2) is 0 Å². The number of aromatic hydroxyl groups is 1. The quantitative estimate of drug-likeness (QED) is 0.612. The molecule has 0 atom stereocenters. The number of hydrogen-bond donors (Lipinski definition) is 2. The van der Waals surface area contributed by atoms with Gasteiger partial charge in [-0.15, -0.1) is 11.8 Å². The van der Waals surface area contributed by atoms with Crippen LogP contribution in [-0.2, 0) is 15.6 Å². The van der Waals surface area contributed by atoms with E-state index in [1.165, 1.54) is 27.8 Å². The van der Waals surface area contributed by atoms with E-state index in [9.17, 15) is 9.90 Å². The molecule has 0 aliphatic rings. The van der Waals surface area contributed by atoms with Crippen molar-refractivity contribution in [2.24, 2.45) is 0 Å². The first-order valence-corrected chi connectivity index (χ1v) is 9.71. The number of aromatic nitrogens is 2. The first kappa shape index (κ1) is 21.1. The Kier molecular flexibility index (Phi) is 5.79. The number of nitrogens with zero attached hydrogens (tertiary/aromatic N) is 3. The zero-order valence-electron chi connectivity index (χ0n) is 17.0. The van der Waals surface area contributed by atoms with Gasteiger partial charge in [-0.3, -0.25) is 9.32 Å². The summed E-state index contributed by atoms with van der Waals surface area (Å²) >= 11 is 1.42. The van der Waals surface area contributed by atoms with Gasteiger partial charge in [0.1, 0.15) is 5.75 Å². The normalized spacial score (nSPS) is 12.3. The molecule has 1 aromatic heterocycles. The minimum Gasteiger partial charge on any atom is -0.507 e. The van der Waals surface area contributed by atoms with E-state index in [4.69, 9.17) is 10.3 Å². The average Bonchev–Trinajstić information content (AvgIpc) is 2.97. The number of nitrogens with two attached hydrogens (primary N) is 1. The van der Waals surface area contributed by atoms with Crippen molar-refractivity contribution in [3.8, 4) is 5.75 Å². The monoisotopic (exact) mass is 393 g/mol. The molecule has 7 nitrogen and oxygen atoms in total. The Hall–Kier alpha value is -2.22. The van der Waals surface area contributed by atoms with Gasteiger partial charge in [0.25, 0.3) is 18.0 Å². The number of nitrogen functional groups attached to an aromatic ring is 1. The van der Waals surface area contributed by atoms with Crippen LogP contribution in [0, 0.1) is 0 Å². The van der Waals surface area contributed by atoms with Crippen LogP contribution in [-0.4, -0.2) is 29.1 Å². The third-order valence-corrected chi connectivity index (χ3v) is 5.16. The SMILES string of the molecule is CN(C(=O)CSc1cc(C(C)(C)C)c(O)c(C(C)(C)C)c1)[n+]1cc(N)on1. The van der Waals surface area contributed by atoms with E-state index in [1.807, 2.05) is 12.1 Å². The van der Waals surface area contributed by atoms with Crippen molar-refractivity contribution >= 4 is 23.6 Å². The first-order valence-electron chi connectivity index (χ1n) is 8.72. The van der Waals surface area contributed by atoms with Crippen molar-refractivity contribution in [2.45, 2.75) is 57.3 Å². The molecule has 0 fully saturated rings. The fourth-order valence-electron chi connectivity index (χ4n) is 2.58. The van der Waals surface area contributed by atoms with Gasteiger partial charge in [-0.2, -0.15) is 0 Å². The summed E-state index contributed by atoms with van der Waals surface area (Å²) in [5, 5.41) is 15.8. The van der Waals surface area contributed by atoms with Crippen LogP contribution >= 0.6 is 11.8 Å². The lowest BCUT2D eigenvalue weighted by Gasteiger charge is -2.28. The third-order valence-electron chi connectivity index (χ3n) is 4.20. The minimum atomic E-state index is -0.213. The molecule has 0 saturated heterocycles. The Labute approximate surface area is 164 Å². The van der Waals surface area contributed by atoms with Crippen LogP contribution in [0.3, 0.4) is 0 Å². The molecule has 0 spiro atoms. The van der Waals surface area contributed by atoms with Crippen molar-refractivity contribution in [1.29, 1.82) is 0 Å². The maximum atomic E-state index is 12.5. The highest BCUT2D eigenvalue weighted by Crippen LogP contribution is 2.41. The predicted octanol–water partition coefficient (Wildman–Crippen LogP) is 2.73. The summed E-state index contributed by atoms with van der Waals surface area (Å²) in [6.07, 6.45) is 1.43. The minimum absolute atomic E-state index is 0.130. The van der Waals surface area contributed by atoms with Crippen molar-refractivity contribution in [2.75, 3.05) is 23.5 Å². The highest BCUT2D eigenvalue weighted by atomic mass is 32.2. The van der Waals surface area contributed by atoms with Crippen LogP contribution in [0.1, 0.15) is 52.7 Å². The molecular weight excluding hydrogens is 364 g/mol. The molecule has 0 unspecified atom stereocenters. The highest BCUT2D eigenvalue weighted by molar-refractivity contribution is 8.00. The smallest absolute Gasteiger partial charge is 0.296 e. The molecule has 3 N–H and O–H groups in total. The van der Waals surface area contributed by atoms with E-state index < -0.39 is 0 Å². The Morgan fingerprint density at radius 3 is 2.15 bits per heavy atom. The van der Waals surface area contributed by atoms with Crippen molar-refractivity contribution in [1.82, 2.24) is 5.27 Å². The van der Waals surface area contributed by atoms with Crippen LogP contribution in [0.4, 0.5) is 5.88 Å². The number of carbonyl (C=O) groups is 1. The Morgan fingerprint density at radius 2 is 1.74 bits per heavy atom. The van der Waals surface area contributed by atoms with Crippen LogP contribution in [0.2, 0.25) is 0 Å². The highest BCUT2D eigenvalue weighted by Gasteiger charge is 2.27. The van der Waals surface area contributed by atoms with E-state index >= 15 is 0 Å². The van der Waals surface area contributed by atoms with Gasteiger partial charge in [0.2, 0.25) is 5.27 Å². The summed E-state index contributed by atoms with van der Waals surface area (Å²) < 4.78 is 4.78.